The summed E-state index contributed by atoms with van der Waals surface area (Å²) in [7, 11) is 1.74. The van der Waals surface area contributed by atoms with Crippen LogP contribution in [0.3, 0.4) is 0 Å². The molecule has 3 aromatic rings. The third-order valence-electron chi connectivity index (χ3n) is 4.52. The van der Waals surface area contributed by atoms with Gasteiger partial charge in [0, 0.05) is 17.8 Å². The maximum absolute atomic E-state index is 13.8. The van der Waals surface area contributed by atoms with E-state index < -0.39 is 17.8 Å². The first-order chi connectivity index (χ1) is 14.8. The zero-order valence-electron chi connectivity index (χ0n) is 17.1. The Kier molecular flexibility index (Phi) is 7.29. The number of benzene rings is 2. The van der Waals surface area contributed by atoms with E-state index in [2.05, 4.69) is 20.8 Å². The van der Waals surface area contributed by atoms with Crippen LogP contribution >= 0.6 is 23.4 Å². The number of anilines is 1. The Labute approximate surface area is 188 Å². The van der Waals surface area contributed by atoms with Crippen molar-refractivity contribution in [3.05, 3.63) is 70.3 Å². The monoisotopic (exact) mass is 461 g/mol. The van der Waals surface area contributed by atoms with Crippen molar-refractivity contribution >= 4 is 40.9 Å². The highest BCUT2D eigenvalue weighted by molar-refractivity contribution is 7.99. The van der Waals surface area contributed by atoms with Crippen LogP contribution in [-0.4, -0.2) is 32.3 Å². The Hall–Kier alpha value is -2.91. The van der Waals surface area contributed by atoms with Gasteiger partial charge >= 0.3 is 0 Å². The summed E-state index contributed by atoms with van der Waals surface area (Å²) in [6.45, 7) is 3.59. The smallest absolute Gasteiger partial charge is 0.254 e. The van der Waals surface area contributed by atoms with E-state index in [0.29, 0.717) is 21.7 Å². The summed E-state index contributed by atoms with van der Waals surface area (Å²) < 4.78 is 15.5. The molecule has 0 bridgehead atoms. The highest BCUT2D eigenvalue weighted by atomic mass is 35.5. The normalized spacial score (nSPS) is 11.8. The molecule has 10 heteroatoms. The van der Waals surface area contributed by atoms with Crippen molar-refractivity contribution in [1.29, 1.82) is 0 Å². The van der Waals surface area contributed by atoms with Crippen LogP contribution in [0.4, 0.5) is 10.1 Å². The fourth-order valence-corrected chi connectivity index (χ4v) is 3.84. The minimum Gasteiger partial charge on any atom is -0.342 e. The molecular weight excluding hydrogens is 441 g/mol. The summed E-state index contributed by atoms with van der Waals surface area (Å²) in [6.07, 6.45) is 0. The van der Waals surface area contributed by atoms with Crippen molar-refractivity contribution in [3.63, 3.8) is 0 Å². The van der Waals surface area contributed by atoms with Gasteiger partial charge in [0.15, 0.2) is 11.0 Å². The molecule has 0 unspecified atom stereocenters. The predicted octanol–water partition coefficient (Wildman–Crippen LogP) is 4.14. The second-order valence-corrected chi connectivity index (χ2v) is 8.25. The Balaban J connectivity index is 1.59. The van der Waals surface area contributed by atoms with Gasteiger partial charge in [-0.25, -0.2) is 4.39 Å². The molecule has 2 aromatic carbocycles. The molecular formula is C21H21ClFN5O2S. The van der Waals surface area contributed by atoms with Crippen molar-refractivity contribution < 1.29 is 14.0 Å². The molecule has 1 heterocycles. The molecule has 2 amide bonds. The fraction of sp³-hybridized carbons (Fsp3) is 0.238. The lowest BCUT2D eigenvalue weighted by Gasteiger charge is -2.14. The van der Waals surface area contributed by atoms with Crippen LogP contribution in [-0.2, 0) is 11.8 Å². The van der Waals surface area contributed by atoms with E-state index in [1.54, 1.807) is 42.8 Å². The average molecular weight is 462 g/mol. The molecule has 0 aliphatic heterocycles. The van der Waals surface area contributed by atoms with Crippen LogP contribution in [0.5, 0.6) is 0 Å². The number of amides is 2. The first kappa shape index (κ1) is 22.8. The second kappa shape index (κ2) is 9.93. The summed E-state index contributed by atoms with van der Waals surface area (Å²) in [5, 5.41) is 14.9. The van der Waals surface area contributed by atoms with Gasteiger partial charge in [-0.15, -0.1) is 10.2 Å². The minimum atomic E-state index is -0.594. The van der Waals surface area contributed by atoms with Crippen LogP contribution in [0.15, 0.2) is 47.6 Å². The number of rotatable bonds is 7. The van der Waals surface area contributed by atoms with Crippen LogP contribution in [0.2, 0.25) is 5.02 Å². The van der Waals surface area contributed by atoms with Crippen LogP contribution in [0.1, 0.15) is 34.7 Å². The topological polar surface area (TPSA) is 88.9 Å². The zero-order chi connectivity index (χ0) is 22.5. The minimum absolute atomic E-state index is 0.0414. The number of aromatic nitrogens is 3. The van der Waals surface area contributed by atoms with Crippen LogP contribution < -0.4 is 10.6 Å². The van der Waals surface area contributed by atoms with E-state index in [0.717, 1.165) is 5.56 Å². The highest BCUT2D eigenvalue weighted by Gasteiger charge is 2.20. The Morgan fingerprint density at radius 2 is 1.97 bits per heavy atom. The summed E-state index contributed by atoms with van der Waals surface area (Å²) in [4.78, 5) is 24.6. The lowest BCUT2D eigenvalue weighted by molar-refractivity contribution is -0.113. The van der Waals surface area contributed by atoms with Gasteiger partial charge in [-0.2, -0.15) is 0 Å². The molecule has 0 aliphatic rings. The van der Waals surface area contributed by atoms with E-state index in [1.807, 2.05) is 6.92 Å². The van der Waals surface area contributed by atoms with Gasteiger partial charge in [0.1, 0.15) is 5.82 Å². The third kappa shape index (κ3) is 5.62. The van der Waals surface area contributed by atoms with Gasteiger partial charge in [0.2, 0.25) is 5.91 Å². The number of hydrogen-bond donors (Lipinski definition) is 2. The van der Waals surface area contributed by atoms with Crippen molar-refractivity contribution in [2.45, 2.75) is 25.0 Å². The molecule has 1 atom stereocenters. The van der Waals surface area contributed by atoms with E-state index in [9.17, 15) is 14.0 Å². The molecule has 0 fully saturated rings. The van der Waals surface area contributed by atoms with Crippen molar-refractivity contribution in [1.82, 2.24) is 20.1 Å². The maximum Gasteiger partial charge on any atom is 0.254 e. The summed E-state index contributed by atoms with van der Waals surface area (Å²) in [5.41, 5.74) is 1.52. The Bertz CT molecular complexity index is 1120. The summed E-state index contributed by atoms with van der Waals surface area (Å²) in [6, 6.07) is 10.5. The fourth-order valence-electron chi connectivity index (χ4n) is 2.90. The molecule has 0 radical (unpaired) electrons. The third-order valence-corrected chi connectivity index (χ3v) is 5.77. The molecule has 0 saturated carbocycles. The number of thioether (sulfide) groups is 1. The van der Waals surface area contributed by atoms with Crippen molar-refractivity contribution in [2.24, 2.45) is 7.05 Å². The molecule has 1 aromatic heterocycles. The number of nitrogens with one attached hydrogen (secondary N) is 2. The number of carbonyl (C=O) groups excluding carboxylic acids is 2. The Morgan fingerprint density at radius 3 is 2.68 bits per heavy atom. The summed E-state index contributed by atoms with van der Waals surface area (Å²) >= 11 is 7.15. The highest BCUT2D eigenvalue weighted by Crippen LogP contribution is 2.22. The van der Waals surface area contributed by atoms with Crippen LogP contribution in [0.25, 0.3) is 0 Å². The van der Waals surface area contributed by atoms with Gasteiger partial charge in [-0.1, -0.05) is 35.5 Å². The second-order valence-electron chi connectivity index (χ2n) is 6.87. The first-order valence-corrected chi connectivity index (χ1v) is 10.8. The van der Waals surface area contributed by atoms with Gasteiger partial charge in [-0.3, -0.25) is 9.59 Å². The Morgan fingerprint density at radius 1 is 1.23 bits per heavy atom. The predicted molar refractivity (Wildman–Crippen MR) is 119 cm³/mol. The SMILES string of the molecule is Cc1cc(Cl)ccc1NC(=O)CSc1nnc([C@@H](C)NC(=O)c2ccccc2F)n1C. The van der Waals surface area contributed by atoms with Gasteiger partial charge in [-0.05, 0) is 49.7 Å². The van der Waals surface area contributed by atoms with Crippen LogP contribution in [0, 0.1) is 12.7 Å². The van der Waals surface area contributed by atoms with Crippen molar-refractivity contribution in [3.8, 4) is 0 Å². The molecule has 3 rings (SSSR count). The largest absolute Gasteiger partial charge is 0.342 e. The quantitative estimate of drug-likeness (QED) is 0.516. The molecule has 0 aliphatic carbocycles. The number of halogens is 2. The number of carbonyl (C=O) groups is 2. The number of nitrogens with zero attached hydrogens (tertiary/aromatic N) is 3. The molecule has 7 nitrogen and oxygen atoms in total. The zero-order valence-corrected chi connectivity index (χ0v) is 18.7. The van der Waals surface area contributed by atoms with E-state index in [1.165, 1.54) is 30.0 Å². The molecule has 0 saturated heterocycles. The standard InChI is InChI=1S/C21H21ClFN5O2S/c1-12-10-14(22)8-9-17(12)25-18(29)11-31-21-27-26-19(28(21)3)13(2)24-20(30)15-6-4-5-7-16(15)23/h4-10,13H,11H2,1-3H3,(H,24,30)(H,25,29)/t13-/m1/s1. The van der Waals surface area contributed by atoms with Gasteiger partial charge in [0.05, 0.1) is 17.4 Å². The number of hydrogen-bond acceptors (Lipinski definition) is 5. The van der Waals surface area contributed by atoms with Crippen molar-refractivity contribution in [2.75, 3.05) is 11.1 Å². The van der Waals surface area contributed by atoms with Gasteiger partial charge in [0.25, 0.3) is 5.91 Å². The lowest BCUT2D eigenvalue weighted by atomic mass is 10.2. The molecule has 31 heavy (non-hydrogen) atoms. The lowest BCUT2D eigenvalue weighted by Crippen LogP contribution is -2.29. The molecule has 0 spiro atoms. The molecule has 162 valence electrons. The maximum atomic E-state index is 13.8. The van der Waals surface area contributed by atoms with E-state index in [-0.39, 0.29) is 17.2 Å². The van der Waals surface area contributed by atoms with Gasteiger partial charge < -0.3 is 15.2 Å². The summed E-state index contributed by atoms with van der Waals surface area (Å²) in [5.74, 6) is -0.713. The first-order valence-electron chi connectivity index (χ1n) is 9.39. The van der Waals surface area contributed by atoms with E-state index in [4.69, 9.17) is 11.6 Å². The van der Waals surface area contributed by atoms with E-state index >= 15 is 0 Å². The molecule has 2 N–H and O–H groups in total. The number of aryl methyl sites for hydroxylation is 1. The average Bonchev–Trinajstić information content (AvgIpc) is 3.09.